The van der Waals surface area contributed by atoms with Gasteiger partial charge in [-0.25, -0.2) is 18.0 Å². The van der Waals surface area contributed by atoms with E-state index in [-0.39, 0.29) is 28.8 Å². The highest BCUT2D eigenvalue weighted by Gasteiger charge is 2.29. The second-order valence-corrected chi connectivity index (χ2v) is 8.09. The van der Waals surface area contributed by atoms with Gasteiger partial charge in [0.1, 0.15) is 6.10 Å². The van der Waals surface area contributed by atoms with E-state index in [9.17, 15) is 22.8 Å². The highest BCUT2D eigenvalue weighted by molar-refractivity contribution is 7.90. The number of nitrogens with one attached hydrogen (secondary N) is 2. The molecule has 0 aromatic heterocycles. The second kappa shape index (κ2) is 8.35. The number of nitrogens with two attached hydrogens (primary N) is 1. The van der Waals surface area contributed by atoms with E-state index in [4.69, 9.17) is 10.5 Å². The smallest absolute Gasteiger partial charge is 0.337 e. The lowest BCUT2D eigenvalue weighted by atomic mass is 10.2. The Kier molecular flexibility index (Phi) is 6.39. The molecule has 27 heavy (non-hydrogen) atoms. The molecule has 1 aromatic rings. The normalized spacial score (nSPS) is 19.3. The van der Waals surface area contributed by atoms with Gasteiger partial charge in [-0.15, -0.1) is 0 Å². The molecule has 0 spiro atoms. The van der Waals surface area contributed by atoms with Crippen LogP contribution in [-0.4, -0.2) is 58.4 Å². The SMILES string of the molecule is COC(=O)c1cc(NC(=O)NCC2CCC(C(N)=O)O2)cc(S(C)(=O)=O)c1. The van der Waals surface area contributed by atoms with Crippen LogP contribution in [-0.2, 0) is 24.1 Å². The second-order valence-electron chi connectivity index (χ2n) is 6.07. The summed E-state index contributed by atoms with van der Waals surface area (Å²) in [4.78, 5) is 34.7. The van der Waals surface area contributed by atoms with Crippen molar-refractivity contribution in [1.29, 1.82) is 0 Å². The van der Waals surface area contributed by atoms with Crippen molar-refractivity contribution >= 4 is 33.4 Å². The van der Waals surface area contributed by atoms with E-state index in [2.05, 4.69) is 15.4 Å². The van der Waals surface area contributed by atoms with E-state index in [0.29, 0.717) is 12.8 Å². The number of amides is 3. The summed E-state index contributed by atoms with van der Waals surface area (Å²) in [5.74, 6) is -1.28. The highest BCUT2D eigenvalue weighted by atomic mass is 32.2. The molecule has 2 unspecified atom stereocenters. The number of hydrogen-bond donors (Lipinski definition) is 3. The summed E-state index contributed by atoms with van der Waals surface area (Å²) < 4.78 is 33.6. The molecule has 1 aliphatic heterocycles. The Hall–Kier alpha value is -2.66. The third kappa shape index (κ3) is 5.66. The molecule has 4 N–H and O–H groups in total. The summed E-state index contributed by atoms with van der Waals surface area (Å²) in [5, 5.41) is 5.02. The molecule has 3 amide bonds. The first-order valence-electron chi connectivity index (χ1n) is 8.03. The van der Waals surface area contributed by atoms with Crippen molar-refractivity contribution in [1.82, 2.24) is 5.32 Å². The van der Waals surface area contributed by atoms with Crippen LogP contribution in [0.25, 0.3) is 0 Å². The number of primary amides is 1. The maximum absolute atomic E-state index is 12.1. The van der Waals surface area contributed by atoms with Gasteiger partial charge in [0.25, 0.3) is 0 Å². The zero-order chi connectivity index (χ0) is 20.2. The van der Waals surface area contributed by atoms with Crippen molar-refractivity contribution in [3.05, 3.63) is 23.8 Å². The standard InChI is InChI=1S/C16H21N3O7S/c1-25-15(21)9-5-10(7-12(6-9)27(2,23)24)19-16(22)18-8-11-3-4-13(26-11)14(17)20/h5-7,11,13H,3-4,8H2,1-2H3,(H2,17,20)(H2,18,19,22). The molecule has 148 valence electrons. The Morgan fingerprint density at radius 2 is 1.96 bits per heavy atom. The minimum Gasteiger partial charge on any atom is -0.465 e. The number of hydrogen-bond acceptors (Lipinski definition) is 7. The van der Waals surface area contributed by atoms with Crippen LogP contribution in [0.5, 0.6) is 0 Å². The van der Waals surface area contributed by atoms with Crippen molar-refractivity contribution in [2.75, 3.05) is 25.2 Å². The van der Waals surface area contributed by atoms with Crippen molar-refractivity contribution in [3.8, 4) is 0 Å². The lowest BCUT2D eigenvalue weighted by Gasteiger charge is -2.14. The Labute approximate surface area is 156 Å². The number of rotatable bonds is 6. The van der Waals surface area contributed by atoms with Gasteiger partial charge in [-0.3, -0.25) is 4.79 Å². The largest absolute Gasteiger partial charge is 0.465 e. The minimum atomic E-state index is -3.61. The lowest BCUT2D eigenvalue weighted by molar-refractivity contribution is -0.128. The molecule has 0 radical (unpaired) electrons. The summed E-state index contributed by atoms with van der Waals surface area (Å²) in [6.45, 7) is 0.144. The van der Waals surface area contributed by atoms with Crippen molar-refractivity contribution in [3.63, 3.8) is 0 Å². The van der Waals surface area contributed by atoms with E-state index < -0.39 is 33.8 Å². The molecule has 0 bridgehead atoms. The number of esters is 1. The number of methoxy groups -OCH3 is 1. The lowest BCUT2D eigenvalue weighted by Crippen LogP contribution is -2.36. The zero-order valence-corrected chi connectivity index (χ0v) is 15.7. The summed E-state index contributed by atoms with van der Waals surface area (Å²) in [7, 11) is -2.45. The fraction of sp³-hybridized carbons (Fsp3) is 0.438. The van der Waals surface area contributed by atoms with Crippen LogP contribution in [0.3, 0.4) is 0 Å². The Morgan fingerprint density at radius 1 is 1.26 bits per heavy atom. The maximum Gasteiger partial charge on any atom is 0.337 e. The van der Waals surface area contributed by atoms with Crippen LogP contribution in [0.1, 0.15) is 23.2 Å². The first-order valence-corrected chi connectivity index (χ1v) is 9.92. The Bertz CT molecular complexity index is 854. The molecule has 0 saturated carbocycles. The van der Waals surface area contributed by atoms with Gasteiger partial charge in [-0.2, -0.15) is 0 Å². The van der Waals surface area contributed by atoms with E-state index in [0.717, 1.165) is 13.4 Å². The summed E-state index contributed by atoms with van der Waals surface area (Å²) in [5.41, 5.74) is 5.26. The number of sulfone groups is 1. The zero-order valence-electron chi connectivity index (χ0n) is 14.9. The average Bonchev–Trinajstić information content (AvgIpc) is 3.07. The molecule has 11 heteroatoms. The molecular weight excluding hydrogens is 378 g/mol. The van der Waals surface area contributed by atoms with Crippen LogP contribution >= 0.6 is 0 Å². The van der Waals surface area contributed by atoms with Gasteiger partial charge in [-0.05, 0) is 31.0 Å². The van der Waals surface area contributed by atoms with E-state index in [1.807, 2.05) is 0 Å². The van der Waals surface area contributed by atoms with E-state index in [1.165, 1.54) is 18.2 Å². The summed E-state index contributed by atoms with van der Waals surface area (Å²) in [6, 6.07) is 3.08. The number of ether oxygens (including phenoxy) is 2. The van der Waals surface area contributed by atoms with Gasteiger partial charge in [0.05, 0.1) is 23.7 Å². The monoisotopic (exact) mass is 399 g/mol. The van der Waals surface area contributed by atoms with Crippen LogP contribution in [0.4, 0.5) is 10.5 Å². The van der Waals surface area contributed by atoms with Crippen LogP contribution < -0.4 is 16.4 Å². The number of benzene rings is 1. The van der Waals surface area contributed by atoms with Gasteiger partial charge in [0.15, 0.2) is 9.84 Å². The highest BCUT2D eigenvalue weighted by Crippen LogP contribution is 2.21. The van der Waals surface area contributed by atoms with Gasteiger partial charge in [0, 0.05) is 18.5 Å². The topological polar surface area (TPSA) is 154 Å². The third-order valence-corrected chi connectivity index (χ3v) is 5.02. The molecule has 1 aromatic carbocycles. The number of urea groups is 1. The molecule has 0 aliphatic carbocycles. The molecule has 1 aliphatic rings. The van der Waals surface area contributed by atoms with Gasteiger partial charge < -0.3 is 25.8 Å². The van der Waals surface area contributed by atoms with Gasteiger partial charge in [0.2, 0.25) is 5.91 Å². The van der Waals surface area contributed by atoms with Crippen molar-refractivity contribution < 1.29 is 32.3 Å². The Morgan fingerprint density at radius 3 is 2.52 bits per heavy atom. The minimum absolute atomic E-state index is 0.0147. The van der Waals surface area contributed by atoms with Gasteiger partial charge >= 0.3 is 12.0 Å². The fourth-order valence-electron chi connectivity index (χ4n) is 2.57. The molecule has 2 atom stereocenters. The molecule has 10 nitrogen and oxygen atoms in total. The first-order chi connectivity index (χ1) is 12.6. The molecule has 1 saturated heterocycles. The van der Waals surface area contributed by atoms with Crippen molar-refractivity contribution in [2.24, 2.45) is 5.73 Å². The molecular formula is C16H21N3O7S. The quantitative estimate of drug-likeness (QED) is 0.570. The molecule has 2 rings (SSSR count). The van der Waals surface area contributed by atoms with E-state index >= 15 is 0 Å². The predicted molar refractivity (Wildman–Crippen MR) is 95.0 cm³/mol. The molecule has 1 fully saturated rings. The number of anilines is 1. The summed E-state index contributed by atoms with van der Waals surface area (Å²) in [6.07, 6.45) is 1.04. The number of carbonyl (C=O) groups excluding carboxylic acids is 3. The number of carbonyl (C=O) groups is 3. The summed E-state index contributed by atoms with van der Waals surface area (Å²) >= 11 is 0. The van der Waals surface area contributed by atoms with Crippen molar-refractivity contribution in [2.45, 2.75) is 29.9 Å². The van der Waals surface area contributed by atoms with E-state index in [1.54, 1.807) is 0 Å². The fourth-order valence-corrected chi connectivity index (χ4v) is 3.25. The van der Waals surface area contributed by atoms with Crippen LogP contribution in [0.15, 0.2) is 23.1 Å². The van der Waals surface area contributed by atoms with Gasteiger partial charge in [-0.1, -0.05) is 0 Å². The van der Waals surface area contributed by atoms with Crippen LogP contribution in [0.2, 0.25) is 0 Å². The van der Waals surface area contributed by atoms with Crippen LogP contribution in [0, 0.1) is 0 Å². The first kappa shape index (κ1) is 20.6. The molecule has 1 heterocycles. The Balaban J connectivity index is 2.04. The predicted octanol–water partition coefficient (Wildman–Crippen LogP) is 0.0311. The third-order valence-electron chi connectivity index (χ3n) is 3.93. The average molecular weight is 399 g/mol. The maximum atomic E-state index is 12.1.